The van der Waals surface area contributed by atoms with Crippen molar-refractivity contribution in [1.82, 2.24) is 19.3 Å². The third-order valence-corrected chi connectivity index (χ3v) is 6.47. The molecule has 7 nitrogen and oxygen atoms in total. The number of para-hydroxylation sites is 1. The van der Waals surface area contributed by atoms with E-state index in [-0.39, 0.29) is 11.7 Å². The molecule has 0 bridgehead atoms. The van der Waals surface area contributed by atoms with Gasteiger partial charge in [-0.15, -0.1) is 10.2 Å². The summed E-state index contributed by atoms with van der Waals surface area (Å²) in [6, 6.07) is 12.0. The smallest absolute Gasteiger partial charge is 0.236 e. The van der Waals surface area contributed by atoms with E-state index in [1.165, 1.54) is 18.2 Å². The highest BCUT2D eigenvalue weighted by Gasteiger charge is 2.21. The van der Waals surface area contributed by atoms with Gasteiger partial charge in [0.1, 0.15) is 17.7 Å². The van der Waals surface area contributed by atoms with Crippen molar-refractivity contribution >= 4 is 23.5 Å². The minimum absolute atomic E-state index is 0.169. The molecule has 0 aliphatic carbocycles. The van der Waals surface area contributed by atoms with Gasteiger partial charge in [0, 0.05) is 24.3 Å². The first-order valence-electron chi connectivity index (χ1n) is 10.1. The molecule has 1 aliphatic rings. The van der Waals surface area contributed by atoms with Gasteiger partial charge in [-0.2, -0.15) is 5.26 Å². The number of carbonyl (C=O) groups is 1. The Hall–Kier alpha value is -3.05. The number of hydrogen-bond acceptors (Lipinski definition) is 5. The molecular formula is C22H24N6OS. The molecule has 3 aromatic rings. The standard InChI is InChI=1S/C22H24N6OS/c1-15-16(2)28(17-9-5-3-6-10-17)21(18(15)13-23)24-20(29)14-30-22-26-25-19-11-7-4-8-12-27(19)22/h3,5-6,9-10H,4,7-8,11-12,14H2,1-2H3,(H,24,29). The summed E-state index contributed by atoms with van der Waals surface area (Å²) < 4.78 is 4.06. The largest absolute Gasteiger partial charge is 0.310 e. The number of nitriles is 1. The molecule has 4 rings (SSSR count). The summed E-state index contributed by atoms with van der Waals surface area (Å²) in [5, 5.41) is 22.0. The van der Waals surface area contributed by atoms with Crippen LogP contribution in [0.25, 0.3) is 5.69 Å². The van der Waals surface area contributed by atoms with E-state index in [0.717, 1.165) is 53.7 Å². The Morgan fingerprint density at radius 3 is 2.77 bits per heavy atom. The van der Waals surface area contributed by atoms with Crippen molar-refractivity contribution < 1.29 is 4.79 Å². The second-order valence-corrected chi connectivity index (χ2v) is 8.36. The number of rotatable bonds is 5. The number of fused-ring (bicyclic) bond motifs is 1. The van der Waals surface area contributed by atoms with Crippen molar-refractivity contribution in [1.29, 1.82) is 5.26 Å². The predicted octanol–water partition coefficient (Wildman–Crippen LogP) is 4.01. The minimum atomic E-state index is -0.169. The molecule has 0 spiro atoms. The summed E-state index contributed by atoms with van der Waals surface area (Å²) in [6.07, 6.45) is 4.38. The average molecular weight is 421 g/mol. The summed E-state index contributed by atoms with van der Waals surface area (Å²) >= 11 is 1.39. The van der Waals surface area contributed by atoms with Gasteiger partial charge in [0.05, 0.1) is 11.3 Å². The van der Waals surface area contributed by atoms with Gasteiger partial charge in [-0.25, -0.2) is 0 Å². The lowest BCUT2D eigenvalue weighted by atomic mass is 10.2. The Bertz CT molecular complexity index is 1110. The van der Waals surface area contributed by atoms with E-state index in [0.29, 0.717) is 11.4 Å². The van der Waals surface area contributed by atoms with Crippen LogP contribution in [0, 0.1) is 25.2 Å². The van der Waals surface area contributed by atoms with Crippen LogP contribution in [-0.2, 0) is 17.8 Å². The summed E-state index contributed by atoms with van der Waals surface area (Å²) in [5.41, 5.74) is 3.20. The molecule has 2 aromatic heterocycles. The second kappa shape index (κ2) is 8.76. The van der Waals surface area contributed by atoms with E-state index in [9.17, 15) is 10.1 Å². The van der Waals surface area contributed by atoms with Crippen molar-refractivity contribution in [2.75, 3.05) is 11.1 Å². The molecule has 3 heterocycles. The maximum Gasteiger partial charge on any atom is 0.236 e. The molecule has 0 atom stereocenters. The Balaban J connectivity index is 1.55. The first-order valence-corrected chi connectivity index (χ1v) is 11.1. The van der Waals surface area contributed by atoms with Crippen LogP contribution in [0.3, 0.4) is 0 Å². The molecule has 1 aromatic carbocycles. The van der Waals surface area contributed by atoms with Crippen LogP contribution in [0.5, 0.6) is 0 Å². The Kier molecular flexibility index (Phi) is 5.91. The fourth-order valence-corrected chi connectivity index (χ4v) is 4.61. The number of aryl methyl sites for hydroxylation is 1. The van der Waals surface area contributed by atoms with Gasteiger partial charge in [0.2, 0.25) is 5.91 Å². The number of carbonyl (C=O) groups excluding carboxylic acids is 1. The lowest BCUT2D eigenvalue weighted by Crippen LogP contribution is -2.18. The van der Waals surface area contributed by atoms with Gasteiger partial charge >= 0.3 is 0 Å². The highest BCUT2D eigenvalue weighted by Crippen LogP contribution is 2.30. The van der Waals surface area contributed by atoms with Crippen molar-refractivity contribution in [3.63, 3.8) is 0 Å². The molecule has 0 unspecified atom stereocenters. The monoisotopic (exact) mass is 420 g/mol. The number of nitrogens with one attached hydrogen (secondary N) is 1. The fraction of sp³-hybridized carbons (Fsp3) is 0.364. The van der Waals surface area contributed by atoms with Crippen LogP contribution in [0.4, 0.5) is 5.82 Å². The maximum absolute atomic E-state index is 12.8. The fourth-order valence-electron chi connectivity index (χ4n) is 3.82. The van der Waals surface area contributed by atoms with Gasteiger partial charge < -0.3 is 9.88 Å². The summed E-state index contributed by atoms with van der Waals surface area (Å²) in [4.78, 5) is 12.8. The Morgan fingerprint density at radius 1 is 1.20 bits per heavy atom. The summed E-state index contributed by atoms with van der Waals surface area (Å²) in [5.74, 6) is 1.56. The van der Waals surface area contributed by atoms with Crippen molar-refractivity contribution in [3.05, 3.63) is 53.0 Å². The van der Waals surface area contributed by atoms with Gasteiger partial charge in [0.15, 0.2) is 5.16 Å². The summed E-state index contributed by atoms with van der Waals surface area (Å²) in [7, 11) is 0. The number of anilines is 1. The molecule has 1 amide bonds. The molecule has 154 valence electrons. The second-order valence-electron chi connectivity index (χ2n) is 7.41. The highest BCUT2D eigenvalue weighted by atomic mass is 32.2. The lowest BCUT2D eigenvalue weighted by molar-refractivity contribution is -0.113. The first kappa shape index (κ1) is 20.2. The normalized spacial score (nSPS) is 13.4. The van der Waals surface area contributed by atoms with E-state index in [1.54, 1.807) is 0 Å². The molecule has 0 fully saturated rings. The van der Waals surface area contributed by atoms with Gasteiger partial charge in [-0.05, 0) is 44.4 Å². The topological polar surface area (TPSA) is 88.5 Å². The molecular weight excluding hydrogens is 396 g/mol. The third kappa shape index (κ3) is 3.85. The highest BCUT2D eigenvalue weighted by molar-refractivity contribution is 7.99. The number of benzene rings is 1. The number of aromatic nitrogens is 4. The first-order chi connectivity index (χ1) is 14.6. The van der Waals surface area contributed by atoms with Gasteiger partial charge in [0.25, 0.3) is 0 Å². The molecule has 0 radical (unpaired) electrons. The zero-order valence-corrected chi connectivity index (χ0v) is 18.0. The minimum Gasteiger partial charge on any atom is -0.310 e. The van der Waals surface area contributed by atoms with Crippen LogP contribution in [0.15, 0.2) is 35.5 Å². The lowest BCUT2D eigenvalue weighted by Gasteiger charge is -2.13. The number of hydrogen-bond donors (Lipinski definition) is 1. The van der Waals surface area contributed by atoms with Crippen LogP contribution < -0.4 is 5.32 Å². The van der Waals surface area contributed by atoms with Crippen LogP contribution in [-0.4, -0.2) is 31.0 Å². The van der Waals surface area contributed by atoms with Crippen molar-refractivity contribution in [3.8, 4) is 11.8 Å². The van der Waals surface area contributed by atoms with E-state index in [1.807, 2.05) is 48.7 Å². The SMILES string of the molecule is Cc1c(C#N)c(NC(=O)CSc2nnc3n2CCCCC3)n(-c2ccccc2)c1C. The van der Waals surface area contributed by atoms with E-state index in [2.05, 4.69) is 26.2 Å². The maximum atomic E-state index is 12.8. The van der Waals surface area contributed by atoms with E-state index >= 15 is 0 Å². The zero-order valence-electron chi connectivity index (χ0n) is 17.2. The Labute approximate surface area is 180 Å². The van der Waals surface area contributed by atoms with E-state index in [4.69, 9.17) is 0 Å². The van der Waals surface area contributed by atoms with Crippen LogP contribution in [0.2, 0.25) is 0 Å². The van der Waals surface area contributed by atoms with Gasteiger partial charge in [-0.1, -0.05) is 36.4 Å². The average Bonchev–Trinajstić information content (AvgIpc) is 3.13. The molecule has 0 saturated carbocycles. The number of nitrogens with zero attached hydrogens (tertiary/aromatic N) is 5. The molecule has 1 aliphatic heterocycles. The van der Waals surface area contributed by atoms with Crippen LogP contribution in [0.1, 0.15) is 41.9 Å². The van der Waals surface area contributed by atoms with E-state index < -0.39 is 0 Å². The quantitative estimate of drug-likeness (QED) is 0.630. The molecule has 1 N–H and O–H groups in total. The zero-order chi connectivity index (χ0) is 21.1. The predicted molar refractivity (Wildman–Crippen MR) is 117 cm³/mol. The Morgan fingerprint density at radius 2 is 2.00 bits per heavy atom. The molecule has 0 saturated heterocycles. The molecule has 30 heavy (non-hydrogen) atoms. The third-order valence-electron chi connectivity index (χ3n) is 5.51. The van der Waals surface area contributed by atoms with Crippen molar-refractivity contribution in [2.45, 2.75) is 51.2 Å². The van der Waals surface area contributed by atoms with Crippen LogP contribution >= 0.6 is 11.8 Å². The number of amides is 1. The van der Waals surface area contributed by atoms with Gasteiger partial charge in [-0.3, -0.25) is 9.36 Å². The molecule has 8 heteroatoms. The summed E-state index contributed by atoms with van der Waals surface area (Å²) in [6.45, 7) is 4.77. The van der Waals surface area contributed by atoms with Crippen molar-refractivity contribution in [2.24, 2.45) is 0 Å². The number of thioether (sulfide) groups is 1.